The Kier molecular flexibility index (Phi) is 5.82. The number of thiazole rings is 1. The van der Waals surface area contributed by atoms with Gasteiger partial charge in [0.05, 0.1) is 40.7 Å². The number of benzene rings is 2. The molecule has 0 atom stereocenters. The summed E-state index contributed by atoms with van der Waals surface area (Å²) in [5.74, 6) is -0.176. The van der Waals surface area contributed by atoms with Gasteiger partial charge in [0.1, 0.15) is 5.69 Å². The summed E-state index contributed by atoms with van der Waals surface area (Å²) in [6.45, 7) is 8.64. The number of carbonyl (C=O) groups is 1. The van der Waals surface area contributed by atoms with Crippen LogP contribution in [0.5, 0.6) is 0 Å². The number of rotatable bonds is 5. The SMILES string of the molecule is Cc1ccc2sc(N(CCN3CCOCC3)C(=O)c3cnc4ccccc4n3)nc2c1C. The minimum atomic E-state index is -0.176. The van der Waals surface area contributed by atoms with Gasteiger partial charge in [-0.1, -0.05) is 29.5 Å². The number of nitrogens with zero attached hydrogens (tertiary/aromatic N) is 5. The molecule has 164 valence electrons. The summed E-state index contributed by atoms with van der Waals surface area (Å²) in [5.41, 5.74) is 5.12. The van der Waals surface area contributed by atoms with E-state index >= 15 is 0 Å². The highest BCUT2D eigenvalue weighted by Gasteiger charge is 2.24. The second kappa shape index (κ2) is 8.90. The van der Waals surface area contributed by atoms with Gasteiger partial charge in [-0.05, 0) is 43.2 Å². The molecule has 1 amide bonds. The van der Waals surface area contributed by atoms with Crippen molar-refractivity contribution in [2.45, 2.75) is 13.8 Å². The van der Waals surface area contributed by atoms with E-state index in [1.807, 2.05) is 24.3 Å². The van der Waals surface area contributed by atoms with Gasteiger partial charge in [-0.3, -0.25) is 19.6 Å². The van der Waals surface area contributed by atoms with Gasteiger partial charge in [-0.2, -0.15) is 0 Å². The Morgan fingerprint density at radius 1 is 1.09 bits per heavy atom. The third-order valence-electron chi connectivity index (χ3n) is 5.96. The summed E-state index contributed by atoms with van der Waals surface area (Å²) < 4.78 is 6.54. The number of para-hydroxylation sites is 2. The highest BCUT2D eigenvalue weighted by Crippen LogP contribution is 2.32. The molecule has 1 aliphatic heterocycles. The smallest absolute Gasteiger partial charge is 0.280 e. The van der Waals surface area contributed by atoms with Crippen molar-refractivity contribution in [1.82, 2.24) is 19.9 Å². The Bertz CT molecular complexity index is 1280. The summed E-state index contributed by atoms with van der Waals surface area (Å²) in [4.78, 5) is 31.6. The van der Waals surface area contributed by atoms with Crippen LogP contribution in [-0.2, 0) is 4.74 Å². The van der Waals surface area contributed by atoms with Gasteiger partial charge in [-0.15, -0.1) is 0 Å². The van der Waals surface area contributed by atoms with Crippen molar-refractivity contribution in [3.05, 3.63) is 59.4 Å². The minimum absolute atomic E-state index is 0.176. The van der Waals surface area contributed by atoms with Gasteiger partial charge in [0, 0.05) is 26.2 Å². The van der Waals surface area contributed by atoms with E-state index in [0.29, 0.717) is 22.9 Å². The molecule has 0 bridgehead atoms. The predicted octanol–water partition coefficient (Wildman–Crippen LogP) is 3.84. The van der Waals surface area contributed by atoms with Crippen molar-refractivity contribution >= 4 is 43.6 Å². The lowest BCUT2D eigenvalue weighted by Gasteiger charge is -2.29. The van der Waals surface area contributed by atoms with Gasteiger partial charge < -0.3 is 4.74 Å². The summed E-state index contributed by atoms with van der Waals surface area (Å²) in [6, 6.07) is 11.8. The largest absolute Gasteiger partial charge is 0.379 e. The fourth-order valence-corrected chi connectivity index (χ4v) is 4.93. The third kappa shape index (κ3) is 4.09. The van der Waals surface area contributed by atoms with Crippen molar-refractivity contribution in [3.8, 4) is 0 Å². The van der Waals surface area contributed by atoms with Gasteiger partial charge in [-0.25, -0.2) is 9.97 Å². The van der Waals surface area contributed by atoms with Crippen LogP contribution in [0.4, 0.5) is 5.13 Å². The maximum absolute atomic E-state index is 13.6. The standard InChI is InChI=1S/C24H25N5O2S/c1-16-7-8-21-22(17(16)2)27-24(32-21)29(10-9-28-11-13-31-14-12-28)23(30)20-15-25-18-5-3-4-6-19(18)26-20/h3-8,15H,9-14H2,1-2H3. The number of fused-ring (bicyclic) bond motifs is 2. The van der Waals surface area contributed by atoms with Gasteiger partial charge in [0.25, 0.3) is 5.91 Å². The topological polar surface area (TPSA) is 71.5 Å². The summed E-state index contributed by atoms with van der Waals surface area (Å²) in [7, 11) is 0. The fraction of sp³-hybridized carbons (Fsp3) is 0.333. The van der Waals surface area contributed by atoms with Crippen molar-refractivity contribution < 1.29 is 9.53 Å². The Morgan fingerprint density at radius 3 is 2.69 bits per heavy atom. The number of aryl methyl sites for hydroxylation is 2. The Morgan fingerprint density at radius 2 is 1.88 bits per heavy atom. The van der Waals surface area contributed by atoms with E-state index in [1.165, 1.54) is 5.56 Å². The third-order valence-corrected chi connectivity index (χ3v) is 7.00. The first kappa shape index (κ1) is 20.9. The molecule has 1 saturated heterocycles. The van der Waals surface area contributed by atoms with Gasteiger partial charge >= 0.3 is 0 Å². The molecule has 3 heterocycles. The molecule has 4 aromatic rings. The molecule has 5 rings (SSSR count). The molecule has 0 spiro atoms. The van der Waals surface area contributed by atoms with E-state index in [9.17, 15) is 4.79 Å². The molecule has 8 heteroatoms. The molecule has 2 aromatic carbocycles. The maximum atomic E-state index is 13.6. The molecule has 1 fully saturated rings. The van der Waals surface area contributed by atoms with Crippen molar-refractivity contribution in [2.75, 3.05) is 44.3 Å². The fourth-order valence-electron chi connectivity index (χ4n) is 3.88. The summed E-state index contributed by atoms with van der Waals surface area (Å²) in [5, 5.41) is 0.696. The number of anilines is 1. The molecule has 0 N–H and O–H groups in total. The second-order valence-corrected chi connectivity index (χ2v) is 9.01. The summed E-state index contributed by atoms with van der Waals surface area (Å²) >= 11 is 1.54. The van der Waals surface area contributed by atoms with E-state index in [-0.39, 0.29) is 5.91 Å². The molecule has 7 nitrogen and oxygen atoms in total. The van der Waals surface area contributed by atoms with E-state index in [1.54, 1.807) is 22.4 Å². The molecular weight excluding hydrogens is 422 g/mol. The average Bonchev–Trinajstić information content (AvgIpc) is 3.26. The molecule has 1 aliphatic rings. The van der Waals surface area contributed by atoms with Crippen LogP contribution in [-0.4, -0.2) is 65.2 Å². The number of hydrogen-bond acceptors (Lipinski definition) is 7. The number of aromatic nitrogens is 3. The zero-order chi connectivity index (χ0) is 22.1. The van der Waals surface area contributed by atoms with Crippen LogP contribution in [0.3, 0.4) is 0 Å². The molecule has 0 radical (unpaired) electrons. The number of hydrogen-bond donors (Lipinski definition) is 0. The van der Waals surface area contributed by atoms with Crippen molar-refractivity contribution in [2.24, 2.45) is 0 Å². The Balaban J connectivity index is 1.50. The highest BCUT2D eigenvalue weighted by atomic mass is 32.1. The number of amides is 1. The predicted molar refractivity (Wildman–Crippen MR) is 128 cm³/mol. The van der Waals surface area contributed by atoms with Gasteiger partial charge in [0.2, 0.25) is 0 Å². The van der Waals surface area contributed by atoms with Crippen LogP contribution in [0.25, 0.3) is 21.3 Å². The lowest BCUT2D eigenvalue weighted by atomic mass is 10.1. The van der Waals surface area contributed by atoms with Crippen molar-refractivity contribution in [1.29, 1.82) is 0 Å². The molecule has 2 aromatic heterocycles. The first-order valence-electron chi connectivity index (χ1n) is 10.8. The minimum Gasteiger partial charge on any atom is -0.379 e. The maximum Gasteiger partial charge on any atom is 0.280 e. The zero-order valence-corrected chi connectivity index (χ0v) is 19.1. The first-order valence-corrected chi connectivity index (χ1v) is 11.6. The lowest BCUT2D eigenvalue weighted by Crippen LogP contribution is -2.43. The number of carbonyl (C=O) groups excluding carboxylic acids is 1. The van der Waals surface area contributed by atoms with E-state index in [2.05, 4.69) is 40.8 Å². The van der Waals surface area contributed by atoms with Crippen LogP contribution in [0.1, 0.15) is 21.6 Å². The molecular formula is C24H25N5O2S. The second-order valence-electron chi connectivity index (χ2n) is 8.01. The lowest BCUT2D eigenvalue weighted by molar-refractivity contribution is 0.0391. The monoisotopic (exact) mass is 447 g/mol. The summed E-state index contributed by atoms with van der Waals surface area (Å²) in [6.07, 6.45) is 1.56. The van der Waals surface area contributed by atoms with Crippen LogP contribution >= 0.6 is 11.3 Å². The number of ether oxygens (including phenoxy) is 1. The van der Waals surface area contributed by atoms with E-state index < -0.39 is 0 Å². The molecule has 0 saturated carbocycles. The molecule has 0 aliphatic carbocycles. The van der Waals surface area contributed by atoms with Gasteiger partial charge in [0.15, 0.2) is 5.13 Å². The Hall–Kier alpha value is -2.94. The van der Waals surface area contributed by atoms with Crippen LogP contribution < -0.4 is 4.90 Å². The normalized spacial score (nSPS) is 14.8. The molecule has 32 heavy (non-hydrogen) atoms. The average molecular weight is 448 g/mol. The van der Waals surface area contributed by atoms with Crippen LogP contribution in [0, 0.1) is 13.8 Å². The van der Waals surface area contributed by atoms with Crippen molar-refractivity contribution in [3.63, 3.8) is 0 Å². The van der Waals surface area contributed by atoms with Crippen LogP contribution in [0.15, 0.2) is 42.6 Å². The van der Waals surface area contributed by atoms with E-state index in [0.717, 1.165) is 54.1 Å². The van der Waals surface area contributed by atoms with E-state index in [4.69, 9.17) is 9.72 Å². The first-order chi connectivity index (χ1) is 15.6. The van der Waals surface area contributed by atoms with Crippen LogP contribution in [0.2, 0.25) is 0 Å². The highest BCUT2D eigenvalue weighted by molar-refractivity contribution is 7.22. The Labute approximate surface area is 190 Å². The zero-order valence-electron chi connectivity index (χ0n) is 18.2. The number of morpholine rings is 1. The molecule has 0 unspecified atom stereocenters. The quantitative estimate of drug-likeness (QED) is 0.463.